The first-order chi connectivity index (χ1) is 15.5. The molecule has 170 valence electrons. The Morgan fingerprint density at radius 3 is 2.44 bits per heavy atom. The summed E-state index contributed by atoms with van der Waals surface area (Å²) in [5.74, 6) is 2.23. The van der Waals surface area contributed by atoms with Gasteiger partial charge in [0.1, 0.15) is 11.6 Å². The molecule has 0 saturated heterocycles. The molecule has 3 N–H and O–H groups in total. The standard InChI is InChI=1S/C24H31N5O3/c1-18(30)14-25-16-24(31)26-15-23-28-27-22(13-10-19-6-4-3-5-7-19)29(23)17-20-8-11-21(32-2)12-9-20/h3-9,11-12,18,25,30H,10,13-17H2,1-2H3,(H,26,31). The van der Waals surface area contributed by atoms with Gasteiger partial charge < -0.3 is 25.0 Å². The molecule has 0 bridgehead atoms. The Morgan fingerprint density at radius 2 is 1.75 bits per heavy atom. The number of ether oxygens (including phenoxy) is 1. The van der Waals surface area contributed by atoms with E-state index in [-0.39, 0.29) is 19.0 Å². The highest BCUT2D eigenvalue weighted by Gasteiger charge is 2.14. The number of amides is 1. The number of aliphatic hydroxyl groups excluding tert-OH is 1. The van der Waals surface area contributed by atoms with Crippen molar-refractivity contribution < 1.29 is 14.6 Å². The first kappa shape index (κ1) is 23.4. The molecule has 3 rings (SSSR count). The Kier molecular flexibility index (Phi) is 8.77. The Morgan fingerprint density at radius 1 is 1.03 bits per heavy atom. The van der Waals surface area contributed by atoms with Crippen LogP contribution in [0, 0.1) is 0 Å². The SMILES string of the molecule is COc1ccc(Cn2c(CCc3ccccc3)nnc2CNC(=O)CNCC(C)O)cc1. The molecule has 0 aliphatic carbocycles. The number of carbonyl (C=O) groups excluding carboxylic acids is 1. The molecule has 0 aliphatic rings. The van der Waals surface area contributed by atoms with E-state index in [0.717, 1.165) is 30.0 Å². The smallest absolute Gasteiger partial charge is 0.234 e. The number of nitrogens with one attached hydrogen (secondary N) is 2. The molecule has 0 spiro atoms. The topological polar surface area (TPSA) is 101 Å². The molecule has 2 aromatic carbocycles. The van der Waals surface area contributed by atoms with Crippen LogP contribution in [0.15, 0.2) is 54.6 Å². The molecule has 3 aromatic rings. The van der Waals surface area contributed by atoms with Crippen LogP contribution in [-0.2, 0) is 30.7 Å². The second-order valence-electron chi connectivity index (χ2n) is 7.71. The van der Waals surface area contributed by atoms with Crippen molar-refractivity contribution in [3.8, 4) is 5.75 Å². The lowest BCUT2D eigenvalue weighted by molar-refractivity contribution is -0.120. The summed E-state index contributed by atoms with van der Waals surface area (Å²) < 4.78 is 7.31. The van der Waals surface area contributed by atoms with Gasteiger partial charge in [-0.05, 0) is 36.6 Å². The van der Waals surface area contributed by atoms with Crippen molar-refractivity contribution in [1.29, 1.82) is 0 Å². The van der Waals surface area contributed by atoms with E-state index < -0.39 is 6.10 Å². The Labute approximate surface area is 188 Å². The Hall–Kier alpha value is -3.23. The van der Waals surface area contributed by atoms with Crippen molar-refractivity contribution in [3.05, 3.63) is 77.4 Å². The van der Waals surface area contributed by atoms with Crippen LogP contribution >= 0.6 is 0 Å². The van der Waals surface area contributed by atoms with Gasteiger partial charge in [0.2, 0.25) is 5.91 Å². The zero-order valence-corrected chi connectivity index (χ0v) is 18.6. The number of methoxy groups -OCH3 is 1. The van der Waals surface area contributed by atoms with Crippen LogP contribution < -0.4 is 15.4 Å². The fourth-order valence-corrected chi connectivity index (χ4v) is 3.32. The highest BCUT2D eigenvalue weighted by Crippen LogP contribution is 2.15. The average molecular weight is 438 g/mol. The number of carbonyl (C=O) groups is 1. The molecule has 1 heterocycles. The molecule has 0 fully saturated rings. The first-order valence-electron chi connectivity index (χ1n) is 10.8. The van der Waals surface area contributed by atoms with Crippen LogP contribution in [0.2, 0.25) is 0 Å². The maximum Gasteiger partial charge on any atom is 0.234 e. The van der Waals surface area contributed by atoms with Gasteiger partial charge >= 0.3 is 0 Å². The molecule has 0 aliphatic heterocycles. The van der Waals surface area contributed by atoms with Gasteiger partial charge in [-0.25, -0.2) is 0 Å². The fraction of sp³-hybridized carbons (Fsp3) is 0.375. The second-order valence-corrected chi connectivity index (χ2v) is 7.71. The van der Waals surface area contributed by atoms with Crippen molar-refractivity contribution in [1.82, 2.24) is 25.4 Å². The summed E-state index contributed by atoms with van der Waals surface area (Å²) in [6.07, 6.45) is 1.11. The summed E-state index contributed by atoms with van der Waals surface area (Å²) in [6, 6.07) is 18.2. The molecular weight excluding hydrogens is 406 g/mol. The normalized spacial score (nSPS) is 11.8. The van der Waals surface area contributed by atoms with Crippen LogP contribution in [0.5, 0.6) is 5.75 Å². The van der Waals surface area contributed by atoms with Crippen LogP contribution in [0.4, 0.5) is 0 Å². The van der Waals surface area contributed by atoms with E-state index in [1.807, 2.05) is 42.5 Å². The predicted molar refractivity (Wildman–Crippen MR) is 122 cm³/mol. The molecule has 32 heavy (non-hydrogen) atoms. The average Bonchev–Trinajstić information content (AvgIpc) is 3.18. The molecule has 8 heteroatoms. The lowest BCUT2D eigenvalue weighted by Crippen LogP contribution is -2.36. The molecule has 0 saturated carbocycles. The minimum absolute atomic E-state index is 0.137. The number of aliphatic hydroxyl groups is 1. The number of benzene rings is 2. The van der Waals surface area contributed by atoms with Crippen molar-refractivity contribution in [2.45, 2.75) is 39.0 Å². The summed E-state index contributed by atoms with van der Waals surface area (Å²) in [6.45, 7) is 3.06. The zero-order chi connectivity index (χ0) is 22.8. The highest BCUT2D eigenvalue weighted by atomic mass is 16.5. The summed E-state index contributed by atoms with van der Waals surface area (Å²) >= 11 is 0. The van der Waals surface area contributed by atoms with Gasteiger partial charge in [0.15, 0.2) is 5.82 Å². The number of nitrogens with zero attached hydrogens (tertiary/aromatic N) is 3. The lowest BCUT2D eigenvalue weighted by atomic mass is 10.1. The number of aromatic nitrogens is 3. The second kappa shape index (κ2) is 12.0. The van der Waals surface area contributed by atoms with Crippen molar-refractivity contribution in [2.24, 2.45) is 0 Å². The third-order valence-electron chi connectivity index (χ3n) is 5.05. The van der Waals surface area contributed by atoms with Crippen LogP contribution in [0.3, 0.4) is 0 Å². The monoisotopic (exact) mass is 437 g/mol. The Balaban J connectivity index is 1.70. The molecule has 8 nitrogen and oxygen atoms in total. The van der Waals surface area contributed by atoms with Crippen LogP contribution in [-0.4, -0.2) is 52.1 Å². The minimum Gasteiger partial charge on any atom is -0.497 e. The number of aryl methyl sites for hydroxylation is 2. The van der Waals surface area contributed by atoms with E-state index in [9.17, 15) is 9.90 Å². The van der Waals surface area contributed by atoms with E-state index >= 15 is 0 Å². The molecular formula is C24H31N5O3. The zero-order valence-electron chi connectivity index (χ0n) is 18.6. The predicted octanol–water partition coefficient (Wildman–Crippen LogP) is 1.71. The molecule has 1 unspecified atom stereocenters. The maximum absolute atomic E-state index is 12.1. The third kappa shape index (κ3) is 7.18. The summed E-state index contributed by atoms with van der Waals surface area (Å²) in [7, 11) is 1.65. The maximum atomic E-state index is 12.1. The van der Waals surface area contributed by atoms with E-state index in [2.05, 4.69) is 37.5 Å². The molecule has 1 amide bonds. The van der Waals surface area contributed by atoms with Gasteiger partial charge in [0.25, 0.3) is 0 Å². The minimum atomic E-state index is -0.498. The molecule has 1 atom stereocenters. The molecule has 0 radical (unpaired) electrons. The van der Waals surface area contributed by atoms with E-state index in [4.69, 9.17) is 4.74 Å². The summed E-state index contributed by atoms with van der Waals surface area (Å²) in [5.41, 5.74) is 2.34. The van der Waals surface area contributed by atoms with Gasteiger partial charge in [-0.2, -0.15) is 0 Å². The van der Waals surface area contributed by atoms with Gasteiger partial charge in [-0.3, -0.25) is 4.79 Å². The van der Waals surface area contributed by atoms with Crippen molar-refractivity contribution in [3.63, 3.8) is 0 Å². The fourth-order valence-electron chi connectivity index (χ4n) is 3.32. The first-order valence-corrected chi connectivity index (χ1v) is 10.8. The summed E-state index contributed by atoms with van der Waals surface area (Å²) in [4.78, 5) is 12.1. The van der Waals surface area contributed by atoms with E-state index in [0.29, 0.717) is 18.9 Å². The van der Waals surface area contributed by atoms with Crippen molar-refractivity contribution >= 4 is 5.91 Å². The summed E-state index contributed by atoms with van der Waals surface area (Å²) in [5, 5.41) is 23.9. The van der Waals surface area contributed by atoms with Crippen LogP contribution in [0.1, 0.15) is 29.7 Å². The van der Waals surface area contributed by atoms with Crippen LogP contribution in [0.25, 0.3) is 0 Å². The largest absolute Gasteiger partial charge is 0.497 e. The van der Waals surface area contributed by atoms with Gasteiger partial charge in [-0.15, -0.1) is 10.2 Å². The van der Waals surface area contributed by atoms with Gasteiger partial charge in [-0.1, -0.05) is 42.5 Å². The van der Waals surface area contributed by atoms with E-state index in [1.54, 1.807) is 14.0 Å². The lowest BCUT2D eigenvalue weighted by Gasteiger charge is -2.12. The van der Waals surface area contributed by atoms with Crippen molar-refractivity contribution in [2.75, 3.05) is 20.2 Å². The highest BCUT2D eigenvalue weighted by molar-refractivity contribution is 5.77. The van der Waals surface area contributed by atoms with Gasteiger partial charge in [0.05, 0.1) is 32.8 Å². The number of hydrogen-bond acceptors (Lipinski definition) is 6. The molecule has 1 aromatic heterocycles. The Bertz CT molecular complexity index is 971. The van der Waals surface area contributed by atoms with E-state index in [1.165, 1.54) is 5.56 Å². The van der Waals surface area contributed by atoms with Gasteiger partial charge in [0, 0.05) is 13.0 Å². The third-order valence-corrected chi connectivity index (χ3v) is 5.05. The number of hydrogen-bond donors (Lipinski definition) is 3. The quantitative estimate of drug-likeness (QED) is 0.399. The number of rotatable bonds is 12.